The summed E-state index contributed by atoms with van der Waals surface area (Å²) in [5, 5.41) is 10.1. The van der Waals surface area contributed by atoms with Crippen molar-refractivity contribution in [2.75, 3.05) is 18.0 Å². The summed E-state index contributed by atoms with van der Waals surface area (Å²) in [4.78, 5) is 6.59. The van der Waals surface area contributed by atoms with Crippen molar-refractivity contribution >= 4 is 5.82 Å². The molecule has 1 aromatic rings. The summed E-state index contributed by atoms with van der Waals surface area (Å²) in [5.74, 6) is 0.937. The summed E-state index contributed by atoms with van der Waals surface area (Å²) in [6, 6.07) is 1.98. The molecule has 1 unspecified atom stereocenters. The van der Waals surface area contributed by atoms with Crippen molar-refractivity contribution in [1.82, 2.24) is 4.98 Å². The molecular weight excluding hydrogens is 214 g/mol. The van der Waals surface area contributed by atoms with Crippen molar-refractivity contribution in [3.63, 3.8) is 0 Å². The fourth-order valence-electron chi connectivity index (χ4n) is 2.50. The predicted molar refractivity (Wildman–Crippen MR) is 68.9 cm³/mol. The van der Waals surface area contributed by atoms with Gasteiger partial charge in [0.05, 0.1) is 5.60 Å². The number of hydrogen-bond donors (Lipinski definition) is 2. The zero-order valence-electron chi connectivity index (χ0n) is 10.6. The molecule has 3 N–H and O–H groups in total. The van der Waals surface area contributed by atoms with Crippen LogP contribution in [0.4, 0.5) is 5.82 Å². The second-order valence-electron chi connectivity index (χ2n) is 5.16. The molecule has 1 atom stereocenters. The van der Waals surface area contributed by atoms with Crippen molar-refractivity contribution in [3.05, 3.63) is 23.4 Å². The zero-order chi connectivity index (χ0) is 12.5. The van der Waals surface area contributed by atoms with Gasteiger partial charge in [0, 0.05) is 31.4 Å². The number of rotatable bonds is 2. The molecule has 0 bridgehead atoms. The number of nitrogens with two attached hydrogens (primary N) is 1. The molecule has 94 valence electrons. The average molecular weight is 235 g/mol. The first kappa shape index (κ1) is 12.3. The molecule has 0 amide bonds. The third-order valence-corrected chi connectivity index (χ3v) is 3.45. The summed E-state index contributed by atoms with van der Waals surface area (Å²) in [7, 11) is 0. The van der Waals surface area contributed by atoms with E-state index >= 15 is 0 Å². The third-order valence-electron chi connectivity index (χ3n) is 3.45. The molecule has 1 aromatic heterocycles. The van der Waals surface area contributed by atoms with E-state index in [9.17, 15) is 5.11 Å². The topological polar surface area (TPSA) is 62.4 Å². The number of piperidine rings is 1. The molecule has 1 aliphatic rings. The van der Waals surface area contributed by atoms with Crippen molar-refractivity contribution in [1.29, 1.82) is 0 Å². The Morgan fingerprint density at radius 1 is 1.59 bits per heavy atom. The third kappa shape index (κ3) is 2.58. The number of aryl methyl sites for hydroxylation is 1. The smallest absolute Gasteiger partial charge is 0.133 e. The lowest BCUT2D eigenvalue weighted by Crippen LogP contribution is -2.46. The molecule has 2 rings (SSSR count). The number of aromatic nitrogens is 1. The maximum absolute atomic E-state index is 10.1. The van der Waals surface area contributed by atoms with E-state index < -0.39 is 5.60 Å². The van der Waals surface area contributed by atoms with Crippen LogP contribution in [0.1, 0.15) is 30.9 Å². The Bertz CT molecular complexity index is 404. The summed E-state index contributed by atoms with van der Waals surface area (Å²) >= 11 is 0. The van der Waals surface area contributed by atoms with Crippen LogP contribution < -0.4 is 10.6 Å². The lowest BCUT2D eigenvalue weighted by molar-refractivity contribution is 0.0446. The quantitative estimate of drug-likeness (QED) is 0.808. The van der Waals surface area contributed by atoms with Crippen molar-refractivity contribution in [2.24, 2.45) is 5.73 Å². The van der Waals surface area contributed by atoms with Gasteiger partial charge in [0.25, 0.3) is 0 Å². The Hall–Kier alpha value is -1.13. The van der Waals surface area contributed by atoms with Gasteiger partial charge in [0.1, 0.15) is 5.82 Å². The van der Waals surface area contributed by atoms with Gasteiger partial charge in [-0.2, -0.15) is 0 Å². The van der Waals surface area contributed by atoms with Crippen LogP contribution in [0.25, 0.3) is 0 Å². The van der Waals surface area contributed by atoms with E-state index in [-0.39, 0.29) is 0 Å². The molecule has 0 spiro atoms. The average Bonchev–Trinajstić information content (AvgIpc) is 2.27. The van der Waals surface area contributed by atoms with Crippen LogP contribution in [0.5, 0.6) is 0 Å². The first-order valence-electron chi connectivity index (χ1n) is 6.15. The Morgan fingerprint density at radius 2 is 2.35 bits per heavy atom. The van der Waals surface area contributed by atoms with E-state index in [1.807, 2.05) is 19.2 Å². The number of nitrogens with zero attached hydrogens (tertiary/aromatic N) is 2. The minimum absolute atomic E-state index is 0.494. The number of anilines is 1. The Labute approximate surface area is 102 Å². The Kier molecular flexibility index (Phi) is 3.35. The molecule has 4 nitrogen and oxygen atoms in total. The predicted octanol–water partition coefficient (Wildman–Crippen LogP) is 1.20. The highest BCUT2D eigenvalue weighted by atomic mass is 16.3. The molecule has 1 fully saturated rings. The molecule has 1 saturated heterocycles. The minimum Gasteiger partial charge on any atom is -0.388 e. The van der Waals surface area contributed by atoms with E-state index in [0.29, 0.717) is 13.1 Å². The van der Waals surface area contributed by atoms with Crippen LogP contribution in [-0.4, -0.2) is 28.8 Å². The Morgan fingerprint density at radius 3 is 3.00 bits per heavy atom. The van der Waals surface area contributed by atoms with Crippen LogP contribution in [0.15, 0.2) is 12.3 Å². The maximum atomic E-state index is 10.1. The van der Waals surface area contributed by atoms with Gasteiger partial charge in [-0.15, -0.1) is 0 Å². The summed E-state index contributed by atoms with van der Waals surface area (Å²) in [6.07, 6.45) is 3.66. The van der Waals surface area contributed by atoms with Gasteiger partial charge in [-0.25, -0.2) is 4.98 Å². The largest absolute Gasteiger partial charge is 0.388 e. The highest BCUT2D eigenvalue weighted by molar-refractivity contribution is 5.51. The monoisotopic (exact) mass is 235 g/mol. The van der Waals surface area contributed by atoms with Gasteiger partial charge in [-0.1, -0.05) is 0 Å². The fourth-order valence-corrected chi connectivity index (χ4v) is 2.50. The van der Waals surface area contributed by atoms with Crippen LogP contribution in [0.3, 0.4) is 0 Å². The molecular formula is C13H21N3O. The SMILES string of the molecule is Cc1ccnc(N2CCCC(C)(O)C2)c1CN. The van der Waals surface area contributed by atoms with E-state index in [2.05, 4.69) is 16.8 Å². The summed E-state index contributed by atoms with van der Waals surface area (Å²) in [6.45, 7) is 6.01. The number of β-amino-alcohol motifs (C(OH)–C–C–N with tert-alkyl or cyclic N) is 1. The van der Waals surface area contributed by atoms with Crippen LogP contribution in [0, 0.1) is 6.92 Å². The first-order chi connectivity index (χ1) is 8.03. The Balaban J connectivity index is 2.30. The number of hydrogen-bond acceptors (Lipinski definition) is 4. The molecule has 0 aromatic carbocycles. The molecule has 1 aliphatic heterocycles. The lowest BCUT2D eigenvalue weighted by Gasteiger charge is -2.38. The van der Waals surface area contributed by atoms with Gasteiger partial charge >= 0.3 is 0 Å². The summed E-state index contributed by atoms with van der Waals surface area (Å²) < 4.78 is 0. The molecule has 0 radical (unpaired) electrons. The molecule has 17 heavy (non-hydrogen) atoms. The van der Waals surface area contributed by atoms with Gasteiger partial charge in [-0.05, 0) is 38.3 Å². The second-order valence-corrected chi connectivity index (χ2v) is 5.16. The van der Waals surface area contributed by atoms with Crippen molar-refractivity contribution in [2.45, 2.75) is 38.8 Å². The highest BCUT2D eigenvalue weighted by Crippen LogP contribution is 2.27. The second kappa shape index (κ2) is 4.63. The van der Waals surface area contributed by atoms with Gasteiger partial charge in [0.2, 0.25) is 0 Å². The number of aliphatic hydroxyl groups is 1. The highest BCUT2D eigenvalue weighted by Gasteiger charge is 2.29. The van der Waals surface area contributed by atoms with E-state index in [4.69, 9.17) is 5.73 Å². The maximum Gasteiger partial charge on any atom is 0.133 e. The van der Waals surface area contributed by atoms with Crippen LogP contribution >= 0.6 is 0 Å². The zero-order valence-corrected chi connectivity index (χ0v) is 10.6. The summed E-state index contributed by atoms with van der Waals surface area (Å²) in [5.41, 5.74) is 7.44. The van der Waals surface area contributed by atoms with Gasteiger partial charge in [0.15, 0.2) is 0 Å². The minimum atomic E-state index is -0.616. The van der Waals surface area contributed by atoms with Crippen LogP contribution in [0.2, 0.25) is 0 Å². The fraction of sp³-hybridized carbons (Fsp3) is 0.615. The lowest BCUT2D eigenvalue weighted by atomic mass is 9.94. The van der Waals surface area contributed by atoms with Gasteiger partial charge < -0.3 is 15.7 Å². The van der Waals surface area contributed by atoms with E-state index in [1.54, 1.807) is 0 Å². The standard InChI is InChI=1S/C13H21N3O/c1-10-4-6-15-12(11(10)8-14)16-7-3-5-13(2,17)9-16/h4,6,17H,3,5,7-9,14H2,1-2H3. The molecule has 2 heterocycles. The van der Waals surface area contributed by atoms with Crippen LogP contribution in [-0.2, 0) is 6.54 Å². The van der Waals surface area contributed by atoms with Gasteiger partial charge in [-0.3, -0.25) is 0 Å². The van der Waals surface area contributed by atoms with E-state index in [0.717, 1.165) is 30.8 Å². The number of pyridine rings is 1. The molecule has 0 saturated carbocycles. The normalized spacial score (nSPS) is 25.1. The molecule has 0 aliphatic carbocycles. The molecule has 4 heteroatoms. The van der Waals surface area contributed by atoms with E-state index in [1.165, 1.54) is 5.56 Å². The van der Waals surface area contributed by atoms with Crippen molar-refractivity contribution in [3.8, 4) is 0 Å². The van der Waals surface area contributed by atoms with Crippen molar-refractivity contribution < 1.29 is 5.11 Å². The first-order valence-corrected chi connectivity index (χ1v) is 6.15.